The maximum Gasteiger partial charge on any atom is 0.0453 e. The van der Waals surface area contributed by atoms with Crippen molar-refractivity contribution in [2.45, 2.75) is 50.7 Å². The van der Waals surface area contributed by atoms with E-state index in [1.54, 1.807) is 0 Å². The van der Waals surface area contributed by atoms with Crippen molar-refractivity contribution in [3.8, 4) is 0 Å². The van der Waals surface area contributed by atoms with E-state index in [1.807, 2.05) is 12.1 Å². The van der Waals surface area contributed by atoms with E-state index >= 15 is 0 Å². The highest BCUT2D eigenvalue weighted by molar-refractivity contribution is 6.31. The Bertz CT molecular complexity index is 448. The molecule has 1 N–H and O–H groups in total. The van der Waals surface area contributed by atoms with Crippen LogP contribution in [0.2, 0.25) is 5.02 Å². The number of halogens is 1. The van der Waals surface area contributed by atoms with Crippen LogP contribution in [0.3, 0.4) is 0 Å². The number of nitrogens with one attached hydrogen (secondary N) is 1. The summed E-state index contributed by atoms with van der Waals surface area (Å²) >= 11 is 6.44. The summed E-state index contributed by atoms with van der Waals surface area (Å²) in [5.74, 6) is 0.712. The molecule has 0 radical (unpaired) electrons. The van der Waals surface area contributed by atoms with Crippen molar-refractivity contribution >= 4 is 11.6 Å². The monoisotopic (exact) mass is 292 g/mol. The van der Waals surface area contributed by atoms with E-state index in [4.69, 9.17) is 11.6 Å². The topological polar surface area (TPSA) is 15.3 Å². The number of rotatable bonds is 4. The molecule has 3 heteroatoms. The van der Waals surface area contributed by atoms with Gasteiger partial charge in [-0.1, -0.05) is 36.7 Å². The molecule has 20 heavy (non-hydrogen) atoms. The third-order valence-electron chi connectivity index (χ3n) is 5.27. The summed E-state index contributed by atoms with van der Waals surface area (Å²) in [6, 6.07) is 10.3. The van der Waals surface area contributed by atoms with Gasteiger partial charge in [0.2, 0.25) is 0 Å². The highest BCUT2D eigenvalue weighted by atomic mass is 35.5. The Labute approximate surface area is 127 Å². The smallest absolute Gasteiger partial charge is 0.0453 e. The minimum absolute atomic E-state index is 0.408. The van der Waals surface area contributed by atoms with Crippen molar-refractivity contribution in [3.05, 3.63) is 34.9 Å². The lowest BCUT2D eigenvalue weighted by atomic mass is 9.82. The van der Waals surface area contributed by atoms with E-state index in [9.17, 15) is 0 Å². The van der Waals surface area contributed by atoms with Crippen LogP contribution in [0.5, 0.6) is 0 Å². The Morgan fingerprint density at radius 2 is 1.90 bits per heavy atom. The Balaban J connectivity index is 1.83. The second-order valence-electron chi connectivity index (χ2n) is 6.34. The number of nitrogens with zero attached hydrogens (tertiary/aromatic N) is 1. The molecule has 2 aliphatic rings. The van der Waals surface area contributed by atoms with Gasteiger partial charge in [0.1, 0.15) is 0 Å². The molecule has 3 rings (SSSR count). The zero-order valence-corrected chi connectivity index (χ0v) is 13.2. The molecule has 1 aromatic rings. The summed E-state index contributed by atoms with van der Waals surface area (Å²) in [6.07, 6.45) is 5.35. The lowest BCUT2D eigenvalue weighted by Crippen LogP contribution is -2.43. The molecule has 0 saturated carbocycles. The summed E-state index contributed by atoms with van der Waals surface area (Å²) in [7, 11) is 2.30. The van der Waals surface area contributed by atoms with E-state index in [2.05, 4.69) is 36.3 Å². The molecular weight excluding hydrogens is 268 g/mol. The molecule has 2 fully saturated rings. The van der Waals surface area contributed by atoms with Gasteiger partial charge >= 0.3 is 0 Å². The number of hydrogen-bond donors (Lipinski definition) is 1. The molecule has 2 bridgehead atoms. The molecule has 2 saturated heterocycles. The van der Waals surface area contributed by atoms with Crippen LogP contribution in [-0.2, 0) is 0 Å². The van der Waals surface area contributed by atoms with Gasteiger partial charge in [-0.2, -0.15) is 0 Å². The molecule has 0 aliphatic carbocycles. The fourth-order valence-corrected chi connectivity index (χ4v) is 4.46. The zero-order valence-electron chi connectivity index (χ0n) is 12.5. The van der Waals surface area contributed by atoms with Crippen LogP contribution in [-0.4, -0.2) is 30.6 Å². The highest BCUT2D eigenvalue weighted by Crippen LogP contribution is 2.43. The largest absolute Gasteiger partial charge is 0.310 e. The normalized spacial score (nSPS) is 31.4. The van der Waals surface area contributed by atoms with Gasteiger partial charge < -0.3 is 10.2 Å². The Hall–Kier alpha value is -0.570. The summed E-state index contributed by atoms with van der Waals surface area (Å²) < 4.78 is 0. The van der Waals surface area contributed by atoms with Gasteiger partial charge in [0.15, 0.2) is 0 Å². The Morgan fingerprint density at radius 1 is 1.25 bits per heavy atom. The van der Waals surface area contributed by atoms with Crippen LogP contribution in [0.1, 0.15) is 44.2 Å². The fraction of sp³-hybridized carbons (Fsp3) is 0.647. The quantitative estimate of drug-likeness (QED) is 0.906. The van der Waals surface area contributed by atoms with E-state index in [0.717, 1.165) is 23.7 Å². The lowest BCUT2D eigenvalue weighted by molar-refractivity contribution is 0.113. The van der Waals surface area contributed by atoms with Crippen molar-refractivity contribution in [2.75, 3.05) is 13.6 Å². The lowest BCUT2D eigenvalue weighted by Gasteiger charge is -2.40. The van der Waals surface area contributed by atoms with Gasteiger partial charge in [-0.15, -0.1) is 0 Å². The first kappa shape index (κ1) is 14.4. The SMILES string of the molecule is CCNC(c1ccccc1Cl)C1CC2CCC(C1)N2C. The molecule has 1 aromatic carbocycles. The molecular formula is C17H25ClN2. The van der Waals surface area contributed by atoms with Crippen molar-refractivity contribution < 1.29 is 0 Å². The summed E-state index contributed by atoms with van der Waals surface area (Å²) in [4.78, 5) is 2.60. The first-order valence-corrected chi connectivity index (χ1v) is 8.28. The minimum atomic E-state index is 0.408. The van der Waals surface area contributed by atoms with Crippen LogP contribution < -0.4 is 5.32 Å². The Morgan fingerprint density at radius 3 is 2.50 bits per heavy atom. The minimum Gasteiger partial charge on any atom is -0.310 e. The predicted molar refractivity (Wildman–Crippen MR) is 85.2 cm³/mol. The second-order valence-corrected chi connectivity index (χ2v) is 6.75. The number of benzene rings is 1. The van der Waals surface area contributed by atoms with Crippen molar-refractivity contribution in [3.63, 3.8) is 0 Å². The Kier molecular flexibility index (Phi) is 4.34. The maximum absolute atomic E-state index is 6.44. The first-order chi connectivity index (χ1) is 9.70. The van der Waals surface area contributed by atoms with Gasteiger partial charge in [-0.25, -0.2) is 0 Å². The standard InChI is InChI=1S/C17H25ClN2/c1-3-19-17(15-6-4-5-7-16(15)18)12-10-13-8-9-14(11-12)20(13)2/h4-7,12-14,17,19H,3,8-11H2,1-2H3. The van der Waals surface area contributed by atoms with Crippen LogP contribution in [0.4, 0.5) is 0 Å². The molecule has 0 amide bonds. The summed E-state index contributed by atoms with van der Waals surface area (Å²) in [5.41, 5.74) is 1.28. The average Bonchev–Trinajstić information content (AvgIpc) is 2.67. The van der Waals surface area contributed by atoms with Gasteiger partial charge in [-0.05, 0) is 56.8 Å². The van der Waals surface area contributed by atoms with E-state index in [-0.39, 0.29) is 0 Å². The summed E-state index contributed by atoms with van der Waals surface area (Å²) in [6.45, 7) is 3.19. The van der Waals surface area contributed by atoms with Gasteiger partial charge in [0, 0.05) is 23.1 Å². The van der Waals surface area contributed by atoms with Crippen LogP contribution in [0, 0.1) is 5.92 Å². The van der Waals surface area contributed by atoms with Crippen LogP contribution in [0.15, 0.2) is 24.3 Å². The molecule has 2 aliphatic heterocycles. The highest BCUT2D eigenvalue weighted by Gasteiger charge is 2.41. The van der Waals surface area contributed by atoms with Crippen LogP contribution in [0.25, 0.3) is 0 Å². The molecule has 0 aromatic heterocycles. The number of hydrogen-bond acceptors (Lipinski definition) is 2. The van der Waals surface area contributed by atoms with Gasteiger partial charge in [0.25, 0.3) is 0 Å². The number of piperidine rings is 1. The van der Waals surface area contributed by atoms with Crippen LogP contribution >= 0.6 is 11.6 Å². The molecule has 3 atom stereocenters. The van der Waals surface area contributed by atoms with E-state index in [0.29, 0.717) is 12.0 Å². The van der Waals surface area contributed by atoms with Crippen molar-refractivity contribution in [1.29, 1.82) is 0 Å². The van der Waals surface area contributed by atoms with Crippen molar-refractivity contribution in [2.24, 2.45) is 5.92 Å². The first-order valence-electron chi connectivity index (χ1n) is 7.90. The third kappa shape index (κ3) is 2.61. The fourth-order valence-electron chi connectivity index (χ4n) is 4.20. The predicted octanol–water partition coefficient (Wildman–Crippen LogP) is 3.86. The molecule has 0 spiro atoms. The third-order valence-corrected chi connectivity index (χ3v) is 5.61. The van der Waals surface area contributed by atoms with Gasteiger partial charge in [0.05, 0.1) is 0 Å². The van der Waals surface area contributed by atoms with E-state index in [1.165, 1.54) is 31.2 Å². The maximum atomic E-state index is 6.44. The molecule has 3 unspecified atom stereocenters. The van der Waals surface area contributed by atoms with E-state index < -0.39 is 0 Å². The molecule has 110 valence electrons. The zero-order chi connectivity index (χ0) is 14.1. The number of fused-ring (bicyclic) bond motifs is 2. The van der Waals surface area contributed by atoms with Gasteiger partial charge in [-0.3, -0.25) is 0 Å². The second kappa shape index (κ2) is 6.05. The average molecular weight is 293 g/mol. The summed E-state index contributed by atoms with van der Waals surface area (Å²) in [5, 5.41) is 4.60. The van der Waals surface area contributed by atoms with Crippen molar-refractivity contribution in [1.82, 2.24) is 10.2 Å². The molecule has 2 nitrogen and oxygen atoms in total. The molecule has 2 heterocycles.